The highest BCUT2D eigenvalue weighted by Gasteiger charge is 2.14. The van der Waals surface area contributed by atoms with Crippen molar-refractivity contribution in [2.45, 2.75) is 26.8 Å². The minimum absolute atomic E-state index is 0.160. The predicted molar refractivity (Wildman–Crippen MR) is 82.9 cm³/mol. The van der Waals surface area contributed by atoms with Crippen LogP contribution in [0.4, 0.5) is 15.8 Å². The van der Waals surface area contributed by atoms with Crippen LogP contribution in [0.3, 0.4) is 0 Å². The number of benzene rings is 2. The summed E-state index contributed by atoms with van der Waals surface area (Å²) < 4.78 is 14.4. The van der Waals surface area contributed by atoms with Crippen molar-refractivity contribution in [3.8, 4) is 0 Å². The topological polar surface area (TPSA) is 29.3 Å². The molecule has 0 radical (unpaired) electrons. The third kappa shape index (κ3) is 2.83. The first kappa shape index (κ1) is 14.5. The van der Waals surface area contributed by atoms with Gasteiger partial charge in [0.2, 0.25) is 0 Å². The summed E-state index contributed by atoms with van der Waals surface area (Å²) in [6.45, 7) is 6.62. The van der Waals surface area contributed by atoms with Gasteiger partial charge in [-0.15, -0.1) is 0 Å². The molecule has 0 aliphatic heterocycles. The Hall–Kier alpha value is -1.87. The molecule has 106 valence electrons. The molecule has 2 aromatic carbocycles. The van der Waals surface area contributed by atoms with E-state index >= 15 is 0 Å². The van der Waals surface area contributed by atoms with Gasteiger partial charge in [0.1, 0.15) is 5.82 Å². The first-order valence-corrected chi connectivity index (χ1v) is 6.92. The van der Waals surface area contributed by atoms with Gasteiger partial charge in [-0.1, -0.05) is 24.3 Å². The second kappa shape index (κ2) is 6.06. The molecule has 2 aromatic rings. The number of anilines is 2. The minimum atomic E-state index is -0.232. The van der Waals surface area contributed by atoms with Crippen LogP contribution in [0.5, 0.6) is 0 Å². The van der Waals surface area contributed by atoms with E-state index in [9.17, 15) is 4.39 Å². The van der Waals surface area contributed by atoms with Crippen molar-refractivity contribution in [2.75, 3.05) is 11.4 Å². The highest BCUT2D eigenvalue weighted by Crippen LogP contribution is 2.31. The van der Waals surface area contributed by atoms with Gasteiger partial charge in [-0.3, -0.25) is 0 Å². The van der Waals surface area contributed by atoms with Gasteiger partial charge in [0.15, 0.2) is 0 Å². The van der Waals surface area contributed by atoms with Crippen LogP contribution in [0.1, 0.15) is 31.0 Å². The molecule has 1 atom stereocenters. The van der Waals surface area contributed by atoms with Gasteiger partial charge < -0.3 is 10.6 Å². The zero-order valence-corrected chi connectivity index (χ0v) is 12.2. The van der Waals surface area contributed by atoms with E-state index in [1.807, 2.05) is 62.1 Å². The Morgan fingerprint density at radius 2 is 1.85 bits per heavy atom. The maximum absolute atomic E-state index is 14.4. The van der Waals surface area contributed by atoms with E-state index in [1.54, 1.807) is 0 Å². The van der Waals surface area contributed by atoms with Crippen LogP contribution < -0.4 is 10.6 Å². The van der Waals surface area contributed by atoms with Gasteiger partial charge in [-0.2, -0.15) is 0 Å². The number of nitrogens with two attached hydrogens (primary N) is 1. The maximum Gasteiger partial charge on any atom is 0.147 e. The number of para-hydroxylation sites is 1. The van der Waals surface area contributed by atoms with Crippen molar-refractivity contribution in [1.29, 1.82) is 0 Å². The van der Waals surface area contributed by atoms with Crippen LogP contribution >= 0.6 is 0 Å². The Morgan fingerprint density at radius 3 is 2.40 bits per heavy atom. The molecule has 2 nitrogen and oxygen atoms in total. The normalized spacial score (nSPS) is 12.2. The summed E-state index contributed by atoms with van der Waals surface area (Å²) in [6, 6.07) is 13.1. The molecule has 0 amide bonds. The molecule has 2 rings (SSSR count). The molecule has 0 saturated carbocycles. The van der Waals surface area contributed by atoms with E-state index in [-0.39, 0.29) is 11.9 Å². The van der Waals surface area contributed by atoms with E-state index in [0.29, 0.717) is 12.2 Å². The van der Waals surface area contributed by atoms with Gasteiger partial charge in [-0.05, 0) is 50.1 Å². The molecular formula is C17H21FN2. The Balaban J connectivity index is 2.45. The number of halogens is 1. The number of hydrogen-bond acceptors (Lipinski definition) is 2. The van der Waals surface area contributed by atoms with Gasteiger partial charge in [0, 0.05) is 18.3 Å². The Kier molecular flexibility index (Phi) is 4.40. The fourth-order valence-electron chi connectivity index (χ4n) is 2.36. The van der Waals surface area contributed by atoms with Gasteiger partial charge in [-0.25, -0.2) is 4.39 Å². The second-order valence-electron chi connectivity index (χ2n) is 5.03. The Labute approximate surface area is 120 Å². The molecule has 0 aliphatic carbocycles. The van der Waals surface area contributed by atoms with Crippen molar-refractivity contribution in [1.82, 2.24) is 0 Å². The summed E-state index contributed by atoms with van der Waals surface area (Å²) in [5.74, 6) is -0.232. The molecule has 0 fully saturated rings. The van der Waals surface area contributed by atoms with Crippen LogP contribution in [0.25, 0.3) is 0 Å². The summed E-state index contributed by atoms with van der Waals surface area (Å²) >= 11 is 0. The van der Waals surface area contributed by atoms with Crippen LogP contribution in [0, 0.1) is 12.7 Å². The molecule has 0 unspecified atom stereocenters. The summed E-state index contributed by atoms with van der Waals surface area (Å²) in [5, 5.41) is 0. The average Bonchev–Trinajstić information content (AvgIpc) is 2.43. The second-order valence-corrected chi connectivity index (χ2v) is 5.03. The van der Waals surface area contributed by atoms with Gasteiger partial charge in [0.25, 0.3) is 0 Å². The fourth-order valence-corrected chi connectivity index (χ4v) is 2.36. The molecule has 0 heterocycles. The van der Waals surface area contributed by atoms with Gasteiger partial charge in [0.05, 0.1) is 5.69 Å². The number of hydrogen-bond donors (Lipinski definition) is 1. The predicted octanol–water partition coefficient (Wildman–Crippen LogP) is 4.31. The fraction of sp³-hybridized carbons (Fsp3) is 0.294. The molecule has 0 saturated heterocycles. The molecule has 0 aromatic heterocycles. The maximum atomic E-state index is 14.4. The van der Waals surface area contributed by atoms with E-state index in [4.69, 9.17) is 5.73 Å². The van der Waals surface area contributed by atoms with Crippen LogP contribution in [0.15, 0.2) is 42.5 Å². The largest absolute Gasteiger partial charge is 0.339 e. The van der Waals surface area contributed by atoms with E-state index in [0.717, 1.165) is 16.8 Å². The van der Waals surface area contributed by atoms with Crippen molar-refractivity contribution >= 4 is 11.4 Å². The van der Waals surface area contributed by atoms with Crippen LogP contribution in [0.2, 0.25) is 0 Å². The lowest BCUT2D eigenvalue weighted by molar-refractivity contribution is 0.620. The summed E-state index contributed by atoms with van der Waals surface area (Å²) in [4.78, 5) is 1.98. The summed E-state index contributed by atoms with van der Waals surface area (Å²) in [6.07, 6.45) is 0. The van der Waals surface area contributed by atoms with Crippen molar-refractivity contribution in [3.63, 3.8) is 0 Å². The zero-order valence-electron chi connectivity index (χ0n) is 12.2. The van der Waals surface area contributed by atoms with E-state index < -0.39 is 0 Å². The smallest absolute Gasteiger partial charge is 0.147 e. The molecular weight excluding hydrogens is 251 g/mol. The monoisotopic (exact) mass is 272 g/mol. The minimum Gasteiger partial charge on any atom is -0.339 e. The Morgan fingerprint density at radius 1 is 1.15 bits per heavy atom. The molecule has 0 spiro atoms. The SMILES string of the molecule is CCN(c1ccccc1C)c1ccc([C@H](C)N)cc1F. The van der Waals surface area contributed by atoms with E-state index in [2.05, 4.69) is 0 Å². The van der Waals surface area contributed by atoms with Crippen molar-refractivity contribution < 1.29 is 4.39 Å². The molecule has 0 bridgehead atoms. The quantitative estimate of drug-likeness (QED) is 0.898. The zero-order chi connectivity index (χ0) is 14.7. The van der Waals surface area contributed by atoms with Crippen molar-refractivity contribution in [2.24, 2.45) is 5.73 Å². The summed E-state index contributed by atoms with van der Waals surface area (Å²) in [5.41, 5.74) is 9.36. The van der Waals surface area contributed by atoms with Gasteiger partial charge >= 0.3 is 0 Å². The Bertz CT molecular complexity index is 593. The average molecular weight is 272 g/mol. The molecule has 0 aliphatic rings. The highest BCUT2D eigenvalue weighted by atomic mass is 19.1. The highest BCUT2D eigenvalue weighted by molar-refractivity contribution is 5.66. The number of nitrogens with zero attached hydrogens (tertiary/aromatic N) is 1. The summed E-state index contributed by atoms with van der Waals surface area (Å²) in [7, 11) is 0. The number of aryl methyl sites for hydroxylation is 1. The standard InChI is InChI=1S/C17H21FN2/c1-4-20(16-8-6-5-7-12(16)2)17-10-9-14(13(3)19)11-15(17)18/h5-11,13H,4,19H2,1-3H3/t13-/m0/s1. The first-order chi connectivity index (χ1) is 9.54. The molecule has 2 N–H and O–H groups in total. The first-order valence-electron chi connectivity index (χ1n) is 6.92. The van der Waals surface area contributed by atoms with E-state index in [1.165, 1.54) is 6.07 Å². The lowest BCUT2D eigenvalue weighted by atomic mass is 10.1. The van der Waals surface area contributed by atoms with Crippen molar-refractivity contribution in [3.05, 3.63) is 59.4 Å². The third-order valence-corrected chi connectivity index (χ3v) is 3.51. The van der Waals surface area contributed by atoms with Crippen LogP contribution in [-0.4, -0.2) is 6.54 Å². The lowest BCUT2D eigenvalue weighted by Gasteiger charge is -2.26. The van der Waals surface area contributed by atoms with Crippen LogP contribution in [-0.2, 0) is 0 Å². The lowest BCUT2D eigenvalue weighted by Crippen LogP contribution is -2.18. The third-order valence-electron chi connectivity index (χ3n) is 3.51. The molecule has 3 heteroatoms. The molecule has 20 heavy (non-hydrogen) atoms. The number of rotatable bonds is 4.